The Kier molecular flexibility index (Phi) is 6.10. The van der Waals surface area contributed by atoms with E-state index < -0.39 is 0 Å². The summed E-state index contributed by atoms with van der Waals surface area (Å²) < 4.78 is 0. The molecule has 1 aromatic heterocycles. The molecule has 3 nitrogen and oxygen atoms in total. The van der Waals surface area contributed by atoms with Gasteiger partial charge in [-0.2, -0.15) is 0 Å². The maximum Gasteiger partial charge on any atom is 0.0577 e. The number of hydrogen-bond acceptors (Lipinski definition) is 3. The lowest BCUT2D eigenvalue weighted by atomic mass is 9.89. The second-order valence-corrected chi connectivity index (χ2v) is 6.50. The highest BCUT2D eigenvalue weighted by atomic mass is 16.3. The molecule has 2 aromatic rings. The van der Waals surface area contributed by atoms with Gasteiger partial charge in [0.05, 0.1) is 6.04 Å². The molecule has 0 amide bonds. The molecule has 0 aliphatic carbocycles. The van der Waals surface area contributed by atoms with Crippen LogP contribution in [-0.4, -0.2) is 23.2 Å². The predicted octanol–water partition coefficient (Wildman–Crippen LogP) is 3.56. The van der Waals surface area contributed by atoms with E-state index in [-0.39, 0.29) is 18.1 Å². The number of aliphatic hydroxyl groups excluding tert-OH is 1. The van der Waals surface area contributed by atoms with E-state index in [0.717, 1.165) is 19.4 Å². The number of aromatic nitrogens is 1. The number of pyridine rings is 1. The lowest BCUT2D eigenvalue weighted by molar-refractivity contribution is 0.147. The lowest BCUT2D eigenvalue weighted by Crippen LogP contribution is -2.25. The molecule has 0 radical (unpaired) electrons. The highest BCUT2D eigenvalue weighted by molar-refractivity contribution is 5.30. The van der Waals surface area contributed by atoms with Crippen molar-refractivity contribution in [2.45, 2.75) is 32.7 Å². The second-order valence-electron chi connectivity index (χ2n) is 6.50. The molecule has 1 unspecified atom stereocenters. The van der Waals surface area contributed by atoms with Gasteiger partial charge < -0.3 is 10.4 Å². The van der Waals surface area contributed by atoms with E-state index in [1.54, 1.807) is 0 Å². The second kappa shape index (κ2) is 8.06. The maximum absolute atomic E-state index is 9.33. The number of nitrogens with zero attached hydrogens (tertiary/aromatic N) is 1. The van der Waals surface area contributed by atoms with Crippen molar-refractivity contribution in [3.05, 3.63) is 66.0 Å². The van der Waals surface area contributed by atoms with Gasteiger partial charge in [0.15, 0.2) is 0 Å². The third-order valence-corrected chi connectivity index (χ3v) is 3.98. The Bertz CT molecular complexity index is 500. The largest absolute Gasteiger partial charge is 0.396 e. The van der Waals surface area contributed by atoms with E-state index in [9.17, 15) is 5.11 Å². The van der Waals surface area contributed by atoms with Gasteiger partial charge in [0.25, 0.3) is 0 Å². The van der Waals surface area contributed by atoms with Crippen molar-refractivity contribution in [1.29, 1.82) is 0 Å². The van der Waals surface area contributed by atoms with Gasteiger partial charge in [0.2, 0.25) is 0 Å². The fourth-order valence-electron chi connectivity index (χ4n) is 2.52. The van der Waals surface area contributed by atoms with Gasteiger partial charge in [0.1, 0.15) is 0 Å². The van der Waals surface area contributed by atoms with E-state index in [4.69, 9.17) is 0 Å². The first kappa shape index (κ1) is 16.7. The maximum atomic E-state index is 9.33. The van der Waals surface area contributed by atoms with Gasteiger partial charge in [-0.15, -0.1) is 0 Å². The van der Waals surface area contributed by atoms with E-state index in [2.05, 4.69) is 60.5 Å². The van der Waals surface area contributed by atoms with Crippen LogP contribution >= 0.6 is 0 Å². The van der Waals surface area contributed by atoms with E-state index >= 15 is 0 Å². The van der Waals surface area contributed by atoms with Crippen LogP contribution in [0.2, 0.25) is 0 Å². The molecule has 118 valence electrons. The molecule has 0 saturated carbocycles. The zero-order valence-electron chi connectivity index (χ0n) is 13.5. The Labute approximate surface area is 133 Å². The lowest BCUT2D eigenvalue weighted by Gasteiger charge is -2.23. The van der Waals surface area contributed by atoms with E-state index in [0.29, 0.717) is 0 Å². The first-order valence-corrected chi connectivity index (χ1v) is 7.91. The number of nitrogens with one attached hydrogen (secondary N) is 1. The Balaban J connectivity index is 2.01. The molecule has 0 aliphatic heterocycles. The van der Waals surface area contributed by atoms with Gasteiger partial charge in [-0.25, -0.2) is 0 Å². The van der Waals surface area contributed by atoms with Crippen LogP contribution in [0.1, 0.15) is 43.9 Å². The first-order chi connectivity index (χ1) is 10.6. The average Bonchev–Trinajstić information content (AvgIpc) is 2.56. The SMILES string of the molecule is CC(C)(CO)CCCNC(c1ccccc1)c1ccncc1. The van der Waals surface area contributed by atoms with Crippen molar-refractivity contribution in [2.24, 2.45) is 5.41 Å². The van der Waals surface area contributed by atoms with Crippen molar-refractivity contribution >= 4 is 0 Å². The van der Waals surface area contributed by atoms with Crippen LogP contribution in [0.25, 0.3) is 0 Å². The molecule has 0 fully saturated rings. The highest BCUT2D eigenvalue weighted by Crippen LogP contribution is 2.23. The van der Waals surface area contributed by atoms with Gasteiger partial charge in [0, 0.05) is 19.0 Å². The van der Waals surface area contributed by atoms with Crippen LogP contribution in [0.4, 0.5) is 0 Å². The smallest absolute Gasteiger partial charge is 0.0577 e. The summed E-state index contributed by atoms with van der Waals surface area (Å²) in [6, 6.07) is 14.8. The van der Waals surface area contributed by atoms with Crippen molar-refractivity contribution in [3.63, 3.8) is 0 Å². The molecule has 0 spiro atoms. The summed E-state index contributed by atoms with van der Waals surface area (Å²) in [7, 11) is 0. The van der Waals surface area contributed by atoms with Crippen LogP contribution in [0.5, 0.6) is 0 Å². The van der Waals surface area contributed by atoms with Gasteiger partial charge in [-0.3, -0.25) is 4.98 Å². The predicted molar refractivity (Wildman–Crippen MR) is 90.6 cm³/mol. The topological polar surface area (TPSA) is 45.1 Å². The summed E-state index contributed by atoms with van der Waals surface area (Å²) >= 11 is 0. The first-order valence-electron chi connectivity index (χ1n) is 7.91. The van der Waals surface area contributed by atoms with E-state index in [1.165, 1.54) is 11.1 Å². The van der Waals surface area contributed by atoms with Crippen LogP contribution in [0, 0.1) is 5.41 Å². The monoisotopic (exact) mass is 298 g/mol. The molecule has 2 rings (SSSR count). The molecule has 1 atom stereocenters. The quantitative estimate of drug-likeness (QED) is 0.732. The van der Waals surface area contributed by atoms with Crippen LogP contribution in [0.3, 0.4) is 0 Å². The number of benzene rings is 1. The zero-order valence-corrected chi connectivity index (χ0v) is 13.5. The van der Waals surface area contributed by atoms with Crippen LogP contribution in [-0.2, 0) is 0 Å². The standard InChI is InChI=1S/C19H26N2O/c1-19(2,15-22)11-6-12-21-18(16-7-4-3-5-8-16)17-9-13-20-14-10-17/h3-5,7-10,13-14,18,21-22H,6,11-12,15H2,1-2H3. The molecule has 0 bridgehead atoms. The number of rotatable bonds is 8. The molecule has 1 aromatic carbocycles. The molecule has 0 saturated heterocycles. The van der Waals surface area contributed by atoms with Crippen molar-refractivity contribution in [1.82, 2.24) is 10.3 Å². The summed E-state index contributed by atoms with van der Waals surface area (Å²) in [5.41, 5.74) is 2.48. The molecular formula is C19H26N2O. The van der Waals surface area contributed by atoms with Gasteiger partial charge in [-0.1, -0.05) is 44.2 Å². The average molecular weight is 298 g/mol. The highest BCUT2D eigenvalue weighted by Gasteiger charge is 2.17. The Hall–Kier alpha value is -1.71. The summed E-state index contributed by atoms with van der Waals surface area (Å²) in [6.45, 7) is 5.36. The molecular weight excluding hydrogens is 272 g/mol. The summed E-state index contributed by atoms with van der Waals surface area (Å²) in [6.07, 6.45) is 5.72. The third kappa shape index (κ3) is 4.93. The summed E-state index contributed by atoms with van der Waals surface area (Å²) in [4.78, 5) is 4.11. The Morgan fingerprint density at radius 1 is 1.05 bits per heavy atom. The van der Waals surface area contributed by atoms with E-state index in [1.807, 2.05) is 18.5 Å². The van der Waals surface area contributed by atoms with Crippen molar-refractivity contribution in [2.75, 3.05) is 13.2 Å². The molecule has 2 N–H and O–H groups in total. The fraction of sp³-hybridized carbons (Fsp3) is 0.421. The van der Waals surface area contributed by atoms with Crippen molar-refractivity contribution in [3.8, 4) is 0 Å². The normalized spacial score (nSPS) is 13.0. The minimum absolute atomic E-state index is 0.000586. The molecule has 0 aliphatic rings. The molecule has 1 heterocycles. The number of aliphatic hydroxyl groups is 1. The fourth-order valence-corrected chi connectivity index (χ4v) is 2.52. The third-order valence-electron chi connectivity index (χ3n) is 3.98. The minimum atomic E-state index is 0.000586. The zero-order chi connectivity index (χ0) is 15.8. The van der Waals surface area contributed by atoms with Crippen LogP contribution in [0.15, 0.2) is 54.9 Å². The Morgan fingerprint density at radius 3 is 2.32 bits per heavy atom. The molecule has 22 heavy (non-hydrogen) atoms. The van der Waals surface area contributed by atoms with Gasteiger partial charge >= 0.3 is 0 Å². The van der Waals surface area contributed by atoms with Gasteiger partial charge in [-0.05, 0) is 48.1 Å². The minimum Gasteiger partial charge on any atom is -0.396 e. The summed E-state index contributed by atoms with van der Waals surface area (Å²) in [5, 5.41) is 13.0. The number of hydrogen-bond donors (Lipinski definition) is 2. The Morgan fingerprint density at radius 2 is 1.68 bits per heavy atom. The molecule has 3 heteroatoms. The van der Waals surface area contributed by atoms with Crippen LogP contribution < -0.4 is 5.32 Å². The van der Waals surface area contributed by atoms with Crippen molar-refractivity contribution < 1.29 is 5.11 Å². The summed E-state index contributed by atoms with van der Waals surface area (Å²) in [5.74, 6) is 0.